The van der Waals surface area contributed by atoms with Crippen molar-refractivity contribution < 1.29 is 17.9 Å². The zero-order valence-electron chi connectivity index (χ0n) is 18.0. The van der Waals surface area contributed by atoms with Crippen LogP contribution in [0.2, 0.25) is 0 Å². The molecule has 0 bridgehead atoms. The second kappa shape index (κ2) is 9.76. The van der Waals surface area contributed by atoms with Crippen LogP contribution in [-0.4, -0.2) is 51.4 Å². The average molecular weight is 462 g/mol. The number of fused-ring (bicyclic) bond motifs is 1. The number of hydrogen-bond acceptors (Lipinski definition) is 6. The van der Waals surface area contributed by atoms with E-state index in [-0.39, 0.29) is 16.6 Å². The summed E-state index contributed by atoms with van der Waals surface area (Å²) in [6.07, 6.45) is 8.93. The first-order valence-electron chi connectivity index (χ1n) is 9.97. The number of rotatable bonds is 8. The van der Waals surface area contributed by atoms with E-state index in [1.165, 1.54) is 38.2 Å². The van der Waals surface area contributed by atoms with E-state index in [4.69, 9.17) is 4.74 Å². The number of carbonyl (C=O) groups excluding carboxylic acids is 1. The largest absolute Gasteiger partial charge is 0.495 e. The molecule has 0 aliphatic heterocycles. The Hall–Kier alpha value is -2.49. The molecule has 1 aliphatic carbocycles. The molecule has 1 aromatic heterocycles. The van der Waals surface area contributed by atoms with E-state index in [1.807, 2.05) is 0 Å². The lowest BCUT2D eigenvalue weighted by molar-refractivity contribution is -0.114. The average Bonchev–Trinajstić information content (AvgIpc) is 3.19. The van der Waals surface area contributed by atoms with E-state index < -0.39 is 10.0 Å². The van der Waals surface area contributed by atoms with Gasteiger partial charge in [0.05, 0.1) is 12.8 Å². The number of carbonyl (C=O) groups is 1. The Morgan fingerprint density at radius 3 is 2.68 bits per heavy atom. The van der Waals surface area contributed by atoms with Crippen molar-refractivity contribution in [3.05, 3.63) is 53.1 Å². The molecular weight excluding hydrogens is 434 g/mol. The van der Waals surface area contributed by atoms with Gasteiger partial charge in [0, 0.05) is 31.6 Å². The van der Waals surface area contributed by atoms with Gasteiger partial charge in [-0.3, -0.25) is 9.69 Å². The van der Waals surface area contributed by atoms with Crippen molar-refractivity contribution in [2.75, 3.05) is 32.6 Å². The van der Waals surface area contributed by atoms with E-state index in [0.29, 0.717) is 17.2 Å². The topological polar surface area (TPSA) is 79.8 Å². The number of anilines is 1. The van der Waals surface area contributed by atoms with Crippen molar-refractivity contribution in [2.24, 2.45) is 0 Å². The second-order valence-electron chi connectivity index (χ2n) is 7.34. The minimum absolute atomic E-state index is 0.0464. The van der Waals surface area contributed by atoms with Crippen LogP contribution in [0.25, 0.3) is 6.08 Å². The zero-order valence-corrected chi connectivity index (χ0v) is 19.6. The summed E-state index contributed by atoms with van der Waals surface area (Å²) in [5.41, 5.74) is 1.66. The lowest BCUT2D eigenvalue weighted by Crippen LogP contribution is -2.29. The van der Waals surface area contributed by atoms with Gasteiger partial charge in [-0.2, -0.15) is 0 Å². The summed E-state index contributed by atoms with van der Waals surface area (Å²) in [5, 5.41) is 0.673. The maximum absolute atomic E-state index is 12.9. The van der Waals surface area contributed by atoms with Crippen molar-refractivity contribution in [1.29, 1.82) is 0 Å². The van der Waals surface area contributed by atoms with Gasteiger partial charge in [-0.1, -0.05) is 12.1 Å². The monoisotopic (exact) mass is 461 g/mol. The molecule has 0 saturated carbocycles. The minimum atomic E-state index is -3.69. The number of sulfonamides is 1. The van der Waals surface area contributed by atoms with Crippen molar-refractivity contribution in [1.82, 2.24) is 9.29 Å². The van der Waals surface area contributed by atoms with Crippen LogP contribution in [-0.2, 0) is 27.7 Å². The maximum atomic E-state index is 12.9. The lowest BCUT2D eigenvalue weighted by Gasteiger charge is -2.16. The molecule has 1 amide bonds. The van der Waals surface area contributed by atoms with Crippen LogP contribution in [0.1, 0.15) is 29.0 Å². The van der Waals surface area contributed by atoms with E-state index in [9.17, 15) is 13.2 Å². The highest BCUT2D eigenvalue weighted by Crippen LogP contribution is 2.32. The minimum Gasteiger partial charge on any atom is -0.495 e. The Kier molecular flexibility index (Phi) is 7.30. The van der Waals surface area contributed by atoms with Crippen LogP contribution in [0.15, 0.2) is 41.8 Å². The van der Waals surface area contributed by atoms with Gasteiger partial charge < -0.3 is 4.74 Å². The summed E-state index contributed by atoms with van der Waals surface area (Å²) in [5.74, 6) is 0.0117. The van der Waals surface area contributed by atoms with Gasteiger partial charge in [-0.15, -0.1) is 17.9 Å². The highest BCUT2D eigenvalue weighted by Gasteiger charge is 2.23. The molecule has 9 heteroatoms. The molecule has 31 heavy (non-hydrogen) atoms. The fourth-order valence-electron chi connectivity index (χ4n) is 3.30. The van der Waals surface area contributed by atoms with Crippen LogP contribution >= 0.6 is 11.3 Å². The summed E-state index contributed by atoms with van der Waals surface area (Å²) >= 11 is 1.56. The van der Waals surface area contributed by atoms with Crippen LogP contribution in [0.5, 0.6) is 5.75 Å². The molecular formula is C22H27N3O4S2. The van der Waals surface area contributed by atoms with Crippen LogP contribution < -0.4 is 9.64 Å². The first-order valence-corrected chi connectivity index (χ1v) is 12.2. The summed E-state index contributed by atoms with van der Waals surface area (Å²) in [6, 6.07) is 4.78. The van der Waals surface area contributed by atoms with Gasteiger partial charge in [0.1, 0.15) is 10.6 Å². The number of aryl methyl sites for hydroxylation is 2. The zero-order chi connectivity index (χ0) is 22.6. The summed E-state index contributed by atoms with van der Waals surface area (Å²) in [4.78, 5) is 20.5. The molecule has 0 atom stereocenters. The summed E-state index contributed by atoms with van der Waals surface area (Å²) in [7, 11) is 0.647. The highest BCUT2D eigenvalue weighted by molar-refractivity contribution is 7.89. The first-order chi connectivity index (χ1) is 14.8. The third kappa shape index (κ3) is 5.06. The fraction of sp³-hybridized carbons (Fsp3) is 0.364. The number of benzene rings is 1. The maximum Gasteiger partial charge on any atom is 0.253 e. The number of amides is 1. The molecule has 1 aromatic carbocycles. The Morgan fingerprint density at radius 2 is 2.03 bits per heavy atom. The molecule has 3 rings (SSSR count). The number of ether oxygens (including phenoxy) is 1. The molecule has 1 aliphatic rings. The van der Waals surface area contributed by atoms with Gasteiger partial charge in [0.2, 0.25) is 10.0 Å². The van der Waals surface area contributed by atoms with Gasteiger partial charge >= 0.3 is 0 Å². The standard InChI is InChI=1S/C22H27N3O4S2/c1-5-14-25(22-23-17-8-6-7-9-19(17)30-22)21(26)13-11-16-10-12-18(29-4)20(15-16)31(27,28)24(2)3/h5,10-13,15H,1,6-9,14H2,2-4H3. The van der Waals surface area contributed by atoms with Gasteiger partial charge in [-0.05, 0) is 49.5 Å². The predicted octanol–water partition coefficient (Wildman–Crippen LogP) is 3.51. The smallest absolute Gasteiger partial charge is 0.253 e. The van der Waals surface area contributed by atoms with Crippen molar-refractivity contribution in [2.45, 2.75) is 30.6 Å². The third-order valence-electron chi connectivity index (χ3n) is 5.01. The van der Waals surface area contributed by atoms with Crippen LogP contribution in [0.3, 0.4) is 0 Å². The summed E-state index contributed by atoms with van der Waals surface area (Å²) in [6.45, 7) is 4.10. The number of nitrogens with zero attached hydrogens (tertiary/aromatic N) is 3. The summed E-state index contributed by atoms with van der Waals surface area (Å²) < 4.78 is 31.5. The highest BCUT2D eigenvalue weighted by atomic mass is 32.2. The normalized spacial score (nSPS) is 13.9. The predicted molar refractivity (Wildman–Crippen MR) is 124 cm³/mol. The molecule has 1 heterocycles. The number of thiazole rings is 1. The second-order valence-corrected chi connectivity index (χ2v) is 10.5. The first kappa shape index (κ1) is 23.2. The number of hydrogen-bond donors (Lipinski definition) is 0. The van der Waals surface area contributed by atoms with Crippen LogP contribution in [0.4, 0.5) is 5.13 Å². The SMILES string of the molecule is C=CCN(C(=O)C=Cc1ccc(OC)c(S(=O)(=O)N(C)C)c1)c1nc2c(s1)CCCC2. The number of methoxy groups -OCH3 is 1. The fourth-order valence-corrected chi connectivity index (χ4v) is 5.54. The molecule has 0 spiro atoms. The molecule has 0 fully saturated rings. The van der Waals surface area contributed by atoms with E-state index in [1.54, 1.807) is 40.5 Å². The lowest BCUT2D eigenvalue weighted by atomic mass is 10.0. The molecule has 0 saturated heterocycles. The van der Waals surface area contributed by atoms with Gasteiger partial charge in [0.15, 0.2) is 5.13 Å². The van der Waals surface area contributed by atoms with Crippen molar-refractivity contribution >= 4 is 38.5 Å². The van der Waals surface area contributed by atoms with E-state index in [2.05, 4.69) is 11.6 Å². The Labute approximate surface area is 187 Å². The van der Waals surface area contributed by atoms with E-state index in [0.717, 1.165) is 35.7 Å². The van der Waals surface area contributed by atoms with Crippen molar-refractivity contribution in [3.63, 3.8) is 0 Å². The molecule has 0 radical (unpaired) electrons. The Morgan fingerprint density at radius 1 is 1.29 bits per heavy atom. The van der Waals surface area contributed by atoms with E-state index >= 15 is 0 Å². The Balaban J connectivity index is 1.88. The van der Waals surface area contributed by atoms with Crippen LogP contribution in [0, 0.1) is 0 Å². The molecule has 0 N–H and O–H groups in total. The molecule has 7 nitrogen and oxygen atoms in total. The Bertz CT molecular complexity index is 1080. The quantitative estimate of drug-likeness (QED) is 0.444. The van der Waals surface area contributed by atoms with Gasteiger partial charge in [-0.25, -0.2) is 17.7 Å². The van der Waals surface area contributed by atoms with Gasteiger partial charge in [0.25, 0.3) is 5.91 Å². The molecule has 166 valence electrons. The molecule has 0 unspecified atom stereocenters. The third-order valence-corrected chi connectivity index (χ3v) is 8.02. The van der Waals surface area contributed by atoms with Crippen molar-refractivity contribution in [3.8, 4) is 5.75 Å². The molecule has 2 aromatic rings. The number of aromatic nitrogens is 1.